The largest absolute Gasteiger partial charge is 0.397 e. The van der Waals surface area contributed by atoms with E-state index in [9.17, 15) is 4.79 Å². The highest BCUT2D eigenvalue weighted by Crippen LogP contribution is 2.08. The summed E-state index contributed by atoms with van der Waals surface area (Å²) in [4.78, 5) is 11.6. The summed E-state index contributed by atoms with van der Waals surface area (Å²) in [5.41, 5.74) is 6.65. The van der Waals surface area contributed by atoms with Crippen LogP contribution >= 0.6 is 0 Å². The van der Waals surface area contributed by atoms with Gasteiger partial charge in [-0.2, -0.15) is 0 Å². The van der Waals surface area contributed by atoms with Crippen LogP contribution in [0.2, 0.25) is 0 Å². The zero-order valence-electron chi connectivity index (χ0n) is 9.03. The fourth-order valence-corrected chi connectivity index (χ4v) is 1.24. The number of nitrogens with two attached hydrogens (primary N) is 1. The van der Waals surface area contributed by atoms with E-state index in [0.717, 1.165) is 0 Å². The molecule has 0 bridgehead atoms. The Morgan fingerprint density at radius 2 is 2.40 bits per heavy atom. The number of carbonyl (C=O) groups excluding carboxylic acids is 1. The quantitative estimate of drug-likeness (QED) is 0.654. The molecule has 1 heterocycles. The first-order chi connectivity index (χ1) is 7.04. The van der Waals surface area contributed by atoms with Gasteiger partial charge in [-0.1, -0.05) is 6.92 Å². The van der Waals surface area contributed by atoms with E-state index in [1.165, 1.54) is 0 Å². The summed E-state index contributed by atoms with van der Waals surface area (Å²) in [5.74, 6) is -0.110. The van der Waals surface area contributed by atoms with Crippen molar-refractivity contribution in [2.45, 2.75) is 6.92 Å². The molecule has 0 aliphatic heterocycles. The maximum Gasteiger partial charge on any atom is 0.267 e. The van der Waals surface area contributed by atoms with Crippen molar-refractivity contribution >= 4 is 11.6 Å². The highest BCUT2D eigenvalue weighted by molar-refractivity contribution is 5.93. The number of aromatic nitrogens is 1. The van der Waals surface area contributed by atoms with Gasteiger partial charge < -0.3 is 20.7 Å². The number of nitrogens with one attached hydrogen (secondary N) is 1. The molecule has 1 rings (SSSR count). The number of aliphatic hydroxyl groups is 1. The zero-order chi connectivity index (χ0) is 11.4. The van der Waals surface area contributed by atoms with Crippen LogP contribution in [0.4, 0.5) is 5.69 Å². The lowest BCUT2D eigenvalue weighted by atomic mass is 10.2. The summed E-state index contributed by atoms with van der Waals surface area (Å²) in [5, 5.41) is 11.5. The molecule has 1 aromatic heterocycles. The molecule has 5 heteroatoms. The molecule has 15 heavy (non-hydrogen) atoms. The molecule has 0 spiro atoms. The number of amides is 1. The van der Waals surface area contributed by atoms with E-state index in [4.69, 9.17) is 10.8 Å². The SMILES string of the molecule is CC(CO)CNC(=O)c1cc(N)cn1C. The van der Waals surface area contributed by atoms with Gasteiger partial charge in [0, 0.05) is 26.4 Å². The van der Waals surface area contributed by atoms with E-state index >= 15 is 0 Å². The molecule has 0 saturated heterocycles. The average Bonchev–Trinajstić information content (AvgIpc) is 2.53. The molecule has 0 saturated carbocycles. The van der Waals surface area contributed by atoms with Gasteiger partial charge in [0.05, 0.1) is 5.69 Å². The monoisotopic (exact) mass is 211 g/mol. The number of nitrogen functional groups attached to an aromatic ring is 1. The van der Waals surface area contributed by atoms with Gasteiger partial charge in [0.1, 0.15) is 5.69 Å². The number of hydrogen-bond acceptors (Lipinski definition) is 3. The second-order valence-electron chi connectivity index (χ2n) is 3.77. The average molecular weight is 211 g/mol. The van der Waals surface area contributed by atoms with Crippen molar-refractivity contribution in [1.29, 1.82) is 0 Å². The van der Waals surface area contributed by atoms with Gasteiger partial charge in [0.25, 0.3) is 5.91 Å². The third kappa shape index (κ3) is 2.99. The topological polar surface area (TPSA) is 80.3 Å². The van der Waals surface area contributed by atoms with Gasteiger partial charge in [0.2, 0.25) is 0 Å². The first kappa shape index (κ1) is 11.6. The standard InChI is InChI=1S/C10H17N3O2/c1-7(6-14)4-12-10(15)9-3-8(11)5-13(9)2/h3,5,7,14H,4,6,11H2,1-2H3,(H,12,15). The van der Waals surface area contributed by atoms with Gasteiger partial charge in [-0.25, -0.2) is 0 Å². The Balaban J connectivity index is 2.58. The van der Waals surface area contributed by atoms with E-state index in [-0.39, 0.29) is 18.4 Å². The zero-order valence-corrected chi connectivity index (χ0v) is 9.03. The van der Waals surface area contributed by atoms with Crippen molar-refractivity contribution in [3.8, 4) is 0 Å². The van der Waals surface area contributed by atoms with Crippen LogP contribution in [0.15, 0.2) is 12.3 Å². The van der Waals surface area contributed by atoms with Crippen molar-refractivity contribution in [2.75, 3.05) is 18.9 Å². The first-order valence-electron chi connectivity index (χ1n) is 4.85. The van der Waals surface area contributed by atoms with Crippen LogP contribution < -0.4 is 11.1 Å². The second-order valence-corrected chi connectivity index (χ2v) is 3.77. The van der Waals surface area contributed by atoms with Crippen LogP contribution in [0.1, 0.15) is 17.4 Å². The summed E-state index contributed by atoms with van der Waals surface area (Å²) in [6.07, 6.45) is 1.68. The number of aryl methyl sites for hydroxylation is 1. The van der Waals surface area contributed by atoms with E-state index in [2.05, 4.69) is 5.32 Å². The van der Waals surface area contributed by atoms with Gasteiger partial charge in [-0.15, -0.1) is 0 Å². The molecule has 4 N–H and O–H groups in total. The number of nitrogens with zero attached hydrogens (tertiary/aromatic N) is 1. The van der Waals surface area contributed by atoms with Gasteiger partial charge in [-0.3, -0.25) is 4.79 Å². The molecule has 1 amide bonds. The van der Waals surface area contributed by atoms with Crippen molar-refractivity contribution in [1.82, 2.24) is 9.88 Å². The maximum absolute atomic E-state index is 11.6. The molecule has 0 aliphatic rings. The summed E-state index contributed by atoms with van der Waals surface area (Å²) in [6.45, 7) is 2.38. The predicted molar refractivity (Wildman–Crippen MR) is 58.4 cm³/mol. The number of carbonyl (C=O) groups is 1. The van der Waals surface area contributed by atoms with Gasteiger partial charge in [0.15, 0.2) is 0 Å². The van der Waals surface area contributed by atoms with Crippen LogP contribution in [0.3, 0.4) is 0 Å². The van der Waals surface area contributed by atoms with Crippen molar-refractivity contribution < 1.29 is 9.90 Å². The Bertz CT molecular complexity index is 346. The highest BCUT2D eigenvalue weighted by atomic mass is 16.3. The van der Waals surface area contributed by atoms with E-state index in [1.807, 2.05) is 6.92 Å². The van der Waals surface area contributed by atoms with Crippen LogP contribution in [-0.2, 0) is 7.05 Å². The minimum Gasteiger partial charge on any atom is -0.397 e. The molecule has 84 valence electrons. The molecule has 1 aromatic rings. The fourth-order valence-electron chi connectivity index (χ4n) is 1.24. The Kier molecular flexibility index (Phi) is 3.74. The highest BCUT2D eigenvalue weighted by Gasteiger charge is 2.11. The molecule has 0 aromatic carbocycles. The van der Waals surface area contributed by atoms with Crippen LogP contribution in [0, 0.1) is 5.92 Å². The Morgan fingerprint density at radius 1 is 1.73 bits per heavy atom. The normalized spacial score (nSPS) is 12.5. The molecule has 0 fully saturated rings. The second kappa shape index (κ2) is 4.84. The smallest absolute Gasteiger partial charge is 0.267 e. The minimum absolute atomic E-state index is 0.0616. The van der Waals surface area contributed by atoms with Gasteiger partial charge >= 0.3 is 0 Å². The number of rotatable bonds is 4. The van der Waals surface area contributed by atoms with Crippen LogP contribution in [-0.4, -0.2) is 28.7 Å². The Labute approximate surface area is 88.9 Å². The maximum atomic E-state index is 11.6. The Hall–Kier alpha value is -1.49. The number of hydrogen-bond donors (Lipinski definition) is 3. The van der Waals surface area contributed by atoms with E-state index in [1.54, 1.807) is 23.9 Å². The summed E-state index contributed by atoms with van der Waals surface area (Å²) < 4.78 is 1.67. The third-order valence-corrected chi connectivity index (χ3v) is 2.18. The summed E-state index contributed by atoms with van der Waals surface area (Å²) >= 11 is 0. The lowest BCUT2D eigenvalue weighted by molar-refractivity contribution is 0.0934. The summed E-state index contributed by atoms with van der Waals surface area (Å²) in [6, 6.07) is 1.62. The molecule has 0 aliphatic carbocycles. The van der Waals surface area contributed by atoms with Crippen LogP contribution in [0.25, 0.3) is 0 Å². The lowest BCUT2D eigenvalue weighted by Gasteiger charge is -2.09. The van der Waals surface area contributed by atoms with Crippen molar-refractivity contribution in [3.63, 3.8) is 0 Å². The third-order valence-electron chi connectivity index (χ3n) is 2.18. The van der Waals surface area contributed by atoms with Crippen molar-refractivity contribution in [2.24, 2.45) is 13.0 Å². The Morgan fingerprint density at radius 3 is 2.87 bits per heavy atom. The number of anilines is 1. The molecular weight excluding hydrogens is 194 g/mol. The van der Waals surface area contributed by atoms with Gasteiger partial charge in [-0.05, 0) is 12.0 Å². The molecular formula is C10H17N3O2. The first-order valence-corrected chi connectivity index (χ1v) is 4.85. The van der Waals surface area contributed by atoms with Crippen LogP contribution in [0.5, 0.6) is 0 Å². The van der Waals surface area contributed by atoms with Crippen molar-refractivity contribution in [3.05, 3.63) is 18.0 Å². The lowest BCUT2D eigenvalue weighted by Crippen LogP contribution is -2.30. The molecule has 0 radical (unpaired) electrons. The predicted octanol–water partition coefficient (Wildman–Crippen LogP) is -0.0345. The number of aliphatic hydroxyl groups excluding tert-OH is 1. The van der Waals surface area contributed by atoms with E-state index in [0.29, 0.717) is 17.9 Å². The van der Waals surface area contributed by atoms with E-state index < -0.39 is 0 Å². The fraction of sp³-hybridized carbons (Fsp3) is 0.500. The molecule has 1 unspecified atom stereocenters. The summed E-state index contributed by atoms with van der Waals surface area (Å²) in [7, 11) is 1.76. The molecule has 1 atom stereocenters. The molecule has 5 nitrogen and oxygen atoms in total. The minimum atomic E-state index is -0.172.